The van der Waals surface area contributed by atoms with E-state index in [1.54, 1.807) is 11.8 Å². The minimum Gasteiger partial charge on any atom is -0.454 e. The third-order valence-electron chi connectivity index (χ3n) is 4.86. The maximum Gasteiger partial charge on any atom is 0.233 e. The summed E-state index contributed by atoms with van der Waals surface area (Å²) in [4.78, 5) is 28.5. The number of amides is 2. The average molecular weight is 403 g/mol. The molecule has 0 unspecified atom stereocenters. The van der Waals surface area contributed by atoms with Crippen LogP contribution in [0.15, 0.2) is 45.7 Å². The first-order chi connectivity index (χ1) is 13.0. The fourth-order valence-electron chi connectivity index (χ4n) is 3.34. The largest absolute Gasteiger partial charge is 0.454 e. The number of rotatable bonds is 3. The van der Waals surface area contributed by atoms with Crippen LogP contribution in [0.25, 0.3) is 21.9 Å². The lowest BCUT2D eigenvalue weighted by atomic mass is 10.1. The molecule has 2 aromatic carbocycles. The van der Waals surface area contributed by atoms with Gasteiger partial charge < -0.3 is 14.2 Å². The average Bonchev–Trinajstić information content (AvgIpc) is 3.05. The highest BCUT2D eigenvalue weighted by Crippen LogP contribution is 2.35. The molecule has 3 aromatic rings. The summed E-state index contributed by atoms with van der Waals surface area (Å²) in [5.41, 5.74) is 1.48. The van der Waals surface area contributed by atoms with Crippen molar-refractivity contribution >= 4 is 57.1 Å². The lowest BCUT2D eigenvalue weighted by Crippen LogP contribution is -2.50. The van der Waals surface area contributed by atoms with Gasteiger partial charge in [0.25, 0.3) is 0 Å². The van der Waals surface area contributed by atoms with E-state index >= 15 is 0 Å². The Bertz CT molecular complexity index is 1020. The molecule has 1 aliphatic rings. The summed E-state index contributed by atoms with van der Waals surface area (Å²) in [6.45, 7) is 3.99. The number of benzene rings is 2. The Kier molecular flexibility index (Phi) is 5.02. The number of piperazine rings is 1. The number of para-hydroxylation sites is 1. The van der Waals surface area contributed by atoms with Crippen LogP contribution in [0.2, 0.25) is 5.02 Å². The van der Waals surface area contributed by atoms with Crippen LogP contribution in [0.4, 0.5) is 0 Å². The van der Waals surface area contributed by atoms with E-state index in [1.807, 2.05) is 41.3 Å². The standard InChI is InChI=1S/C20H19ClN2O3S/c1-13(24)22-7-9-23(10-8-22)19(25)12-27-14-5-6-18-16(11-14)15-3-2-4-17(21)20(15)26-18/h2-6,11H,7-10,12H2,1H3. The van der Waals surface area contributed by atoms with Crippen molar-refractivity contribution in [2.75, 3.05) is 31.9 Å². The smallest absolute Gasteiger partial charge is 0.233 e. The third-order valence-corrected chi connectivity index (χ3v) is 6.14. The van der Waals surface area contributed by atoms with Crippen molar-refractivity contribution in [3.05, 3.63) is 41.4 Å². The van der Waals surface area contributed by atoms with Gasteiger partial charge in [0.2, 0.25) is 11.8 Å². The zero-order valence-corrected chi connectivity index (χ0v) is 16.5. The minimum absolute atomic E-state index is 0.0669. The van der Waals surface area contributed by atoms with Crippen LogP contribution in [-0.4, -0.2) is 53.5 Å². The number of hydrogen-bond acceptors (Lipinski definition) is 4. The van der Waals surface area contributed by atoms with Crippen LogP contribution in [-0.2, 0) is 9.59 Å². The molecule has 7 heteroatoms. The topological polar surface area (TPSA) is 53.8 Å². The number of thioether (sulfide) groups is 1. The Labute approximate surface area is 166 Å². The number of halogens is 1. The van der Waals surface area contributed by atoms with Crippen LogP contribution in [0.5, 0.6) is 0 Å². The first-order valence-corrected chi connectivity index (χ1v) is 10.2. The van der Waals surface area contributed by atoms with Gasteiger partial charge in [-0.25, -0.2) is 0 Å². The van der Waals surface area contributed by atoms with E-state index in [9.17, 15) is 9.59 Å². The normalized spacial score (nSPS) is 14.9. The number of furan rings is 1. The molecule has 1 aromatic heterocycles. The number of nitrogens with zero attached hydrogens (tertiary/aromatic N) is 2. The minimum atomic E-state index is 0.0669. The monoisotopic (exact) mass is 402 g/mol. The van der Waals surface area contributed by atoms with Gasteiger partial charge >= 0.3 is 0 Å². The highest BCUT2D eigenvalue weighted by atomic mass is 35.5. The predicted molar refractivity (Wildman–Crippen MR) is 108 cm³/mol. The fourth-order valence-corrected chi connectivity index (χ4v) is 4.39. The molecule has 27 heavy (non-hydrogen) atoms. The summed E-state index contributed by atoms with van der Waals surface area (Å²) in [7, 11) is 0. The van der Waals surface area contributed by atoms with E-state index in [1.165, 1.54) is 11.8 Å². The Morgan fingerprint density at radius 1 is 1.07 bits per heavy atom. The van der Waals surface area contributed by atoms with Crippen LogP contribution >= 0.6 is 23.4 Å². The van der Waals surface area contributed by atoms with Crippen molar-refractivity contribution in [2.24, 2.45) is 0 Å². The molecule has 1 saturated heterocycles. The first kappa shape index (κ1) is 18.2. The van der Waals surface area contributed by atoms with E-state index in [-0.39, 0.29) is 11.8 Å². The van der Waals surface area contributed by atoms with E-state index in [2.05, 4.69) is 0 Å². The fraction of sp³-hybridized carbons (Fsp3) is 0.300. The summed E-state index contributed by atoms with van der Waals surface area (Å²) in [5, 5.41) is 2.57. The second kappa shape index (κ2) is 7.44. The van der Waals surface area contributed by atoms with Crippen molar-refractivity contribution in [1.29, 1.82) is 0 Å². The van der Waals surface area contributed by atoms with Gasteiger partial charge in [-0.3, -0.25) is 9.59 Å². The van der Waals surface area contributed by atoms with Gasteiger partial charge in [0.15, 0.2) is 5.58 Å². The maximum absolute atomic E-state index is 12.5. The molecule has 4 rings (SSSR count). The van der Waals surface area contributed by atoms with Crippen molar-refractivity contribution in [3.8, 4) is 0 Å². The predicted octanol–water partition coefficient (Wildman–Crippen LogP) is 4.02. The van der Waals surface area contributed by atoms with Crippen molar-refractivity contribution in [2.45, 2.75) is 11.8 Å². The van der Waals surface area contributed by atoms with Gasteiger partial charge in [0, 0.05) is 48.8 Å². The van der Waals surface area contributed by atoms with Gasteiger partial charge in [-0.15, -0.1) is 11.8 Å². The molecular weight excluding hydrogens is 384 g/mol. The van der Waals surface area contributed by atoms with Crippen molar-refractivity contribution in [3.63, 3.8) is 0 Å². The molecule has 0 bridgehead atoms. The molecule has 1 fully saturated rings. The Morgan fingerprint density at radius 3 is 2.56 bits per heavy atom. The summed E-state index contributed by atoms with van der Waals surface area (Å²) in [6, 6.07) is 11.6. The van der Waals surface area contributed by atoms with Crippen LogP contribution in [0.1, 0.15) is 6.92 Å². The van der Waals surface area contributed by atoms with Gasteiger partial charge in [-0.2, -0.15) is 0 Å². The lowest BCUT2D eigenvalue weighted by molar-refractivity contribution is -0.136. The van der Waals surface area contributed by atoms with E-state index in [0.29, 0.717) is 42.5 Å². The number of carbonyl (C=O) groups is 2. The first-order valence-electron chi connectivity index (χ1n) is 8.80. The van der Waals surface area contributed by atoms with E-state index < -0.39 is 0 Å². The molecular formula is C20H19ClN2O3S. The Balaban J connectivity index is 1.45. The molecule has 2 heterocycles. The zero-order chi connectivity index (χ0) is 19.0. The molecule has 0 aliphatic carbocycles. The third kappa shape index (κ3) is 3.64. The maximum atomic E-state index is 12.5. The summed E-state index contributed by atoms with van der Waals surface area (Å²) >= 11 is 7.73. The Morgan fingerprint density at radius 2 is 1.81 bits per heavy atom. The number of fused-ring (bicyclic) bond motifs is 3. The van der Waals surface area contributed by atoms with E-state index in [0.717, 1.165) is 21.3 Å². The summed E-state index contributed by atoms with van der Waals surface area (Å²) in [6.07, 6.45) is 0. The quantitative estimate of drug-likeness (QED) is 0.621. The second-order valence-electron chi connectivity index (χ2n) is 6.55. The molecule has 0 spiro atoms. The Hall–Kier alpha value is -2.18. The second-order valence-corrected chi connectivity index (χ2v) is 8.01. The molecule has 140 valence electrons. The van der Waals surface area contributed by atoms with Crippen LogP contribution < -0.4 is 0 Å². The molecule has 0 radical (unpaired) electrons. The SMILES string of the molecule is CC(=O)N1CCN(C(=O)CSc2ccc3oc4c(Cl)cccc4c3c2)CC1. The lowest BCUT2D eigenvalue weighted by Gasteiger charge is -2.34. The van der Waals surface area contributed by atoms with Gasteiger partial charge in [-0.05, 0) is 24.3 Å². The number of carbonyl (C=O) groups excluding carboxylic acids is 2. The molecule has 0 saturated carbocycles. The van der Waals surface area contributed by atoms with Gasteiger partial charge in [0.05, 0.1) is 10.8 Å². The van der Waals surface area contributed by atoms with E-state index in [4.69, 9.17) is 16.0 Å². The van der Waals surface area contributed by atoms with Crippen LogP contribution in [0, 0.1) is 0 Å². The highest BCUT2D eigenvalue weighted by molar-refractivity contribution is 8.00. The molecule has 1 aliphatic heterocycles. The molecule has 5 nitrogen and oxygen atoms in total. The zero-order valence-electron chi connectivity index (χ0n) is 14.9. The van der Waals surface area contributed by atoms with Crippen LogP contribution in [0.3, 0.4) is 0 Å². The number of hydrogen-bond donors (Lipinski definition) is 0. The van der Waals surface area contributed by atoms with Gasteiger partial charge in [0.1, 0.15) is 5.58 Å². The van der Waals surface area contributed by atoms with Crippen molar-refractivity contribution < 1.29 is 14.0 Å². The summed E-state index contributed by atoms with van der Waals surface area (Å²) < 4.78 is 5.84. The molecule has 2 amide bonds. The molecule has 0 atom stereocenters. The molecule has 0 N–H and O–H groups in total. The van der Waals surface area contributed by atoms with Crippen molar-refractivity contribution in [1.82, 2.24) is 9.80 Å². The van der Waals surface area contributed by atoms with Gasteiger partial charge in [-0.1, -0.05) is 23.7 Å². The summed E-state index contributed by atoms with van der Waals surface area (Å²) in [5.74, 6) is 0.544. The highest BCUT2D eigenvalue weighted by Gasteiger charge is 2.22.